The second kappa shape index (κ2) is 5.63. The molecular weight excluding hydrogens is 244 g/mol. The molecule has 1 aliphatic heterocycles. The Morgan fingerprint density at radius 1 is 1.47 bits per heavy atom. The lowest BCUT2D eigenvalue weighted by Crippen LogP contribution is -2.53. The summed E-state index contributed by atoms with van der Waals surface area (Å²) in [5, 5.41) is 9.12. The number of nitrogens with zero attached hydrogens (tertiary/aromatic N) is 2. The van der Waals surface area contributed by atoms with Gasteiger partial charge in [0.25, 0.3) is 0 Å². The number of carboxylic acid groups (broad SMARTS) is 1. The molecule has 0 aromatic heterocycles. The van der Waals surface area contributed by atoms with Gasteiger partial charge in [-0.1, -0.05) is 6.08 Å². The Balaban J connectivity index is 2.87. The number of rotatable bonds is 3. The van der Waals surface area contributed by atoms with Crippen LogP contribution in [0.2, 0.25) is 0 Å². The van der Waals surface area contributed by atoms with E-state index in [1.165, 1.54) is 0 Å². The van der Waals surface area contributed by atoms with Crippen molar-refractivity contribution in [3.63, 3.8) is 0 Å². The predicted octanol–water partition coefficient (Wildman–Crippen LogP) is 2.19. The number of hydrogen-bond donors (Lipinski definition) is 1. The maximum absolute atomic E-state index is 12.6. The van der Waals surface area contributed by atoms with Crippen molar-refractivity contribution in [2.75, 3.05) is 13.1 Å². The number of likely N-dealkylation sites (tertiary alicyclic amines) is 1. The van der Waals surface area contributed by atoms with E-state index in [1.54, 1.807) is 22.8 Å². The summed E-state index contributed by atoms with van der Waals surface area (Å²) in [6, 6.07) is -0.372. The van der Waals surface area contributed by atoms with E-state index in [9.17, 15) is 9.59 Å². The van der Waals surface area contributed by atoms with Gasteiger partial charge in [0.1, 0.15) is 0 Å². The third-order valence-electron chi connectivity index (χ3n) is 3.67. The zero-order chi connectivity index (χ0) is 14.8. The van der Waals surface area contributed by atoms with E-state index >= 15 is 0 Å². The van der Waals surface area contributed by atoms with E-state index in [-0.39, 0.29) is 17.6 Å². The topological polar surface area (TPSA) is 60.9 Å². The molecule has 2 atom stereocenters. The SMILES string of the molecule is C=CCN(C(=O)N1CCC(C(=O)O)C1C)C(C)(C)C. The highest BCUT2D eigenvalue weighted by molar-refractivity contribution is 5.79. The zero-order valence-corrected chi connectivity index (χ0v) is 12.2. The fourth-order valence-electron chi connectivity index (χ4n) is 2.46. The number of aliphatic carboxylic acids is 1. The minimum absolute atomic E-state index is 0.108. The van der Waals surface area contributed by atoms with Gasteiger partial charge >= 0.3 is 12.0 Å². The fraction of sp³-hybridized carbons (Fsp3) is 0.714. The molecule has 0 spiro atoms. The molecule has 108 valence electrons. The molecule has 1 aliphatic rings. The summed E-state index contributed by atoms with van der Waals surface area (Å²) in [6.07, 6.45) is 2.22. The van der Waals surface area contributed by atoms with Crippen molar-refractivity contribution in [3.05, 3.63) is 12.7 Å². The van der Waals surface area contributed by atoms with E-state index < -0.39 is 11.9 Å². The highest BCUT2D eigenvalue weighted by Crippen LogP contribution is 2.27. The summed E-state index contributed by atoms with van der Waals surface area (Å²) < 4.78 is 0. The van der Waals surface area contributed by atoms with E-state index in [0.717, 1.165) is 0 Å². The molecule has 5 nitrogen and oxygen atoms in total. The van der Waals surface area contributed by atoms with Crippen molar-refractivity contribution in [2.24, 2.45) is 5.92 Å². The number of amides is 2. The quantitative estimate of drug-likeness (QED) is 0.798. The number of carbonyl (C=O) groups excluding carboxylic acids is 1. The van der Waals surface area contributed by atoms with Crippen LogP contribution >= 0.6 is 0 Å². The standard InChI is InChI=1S/C14H24N2O3/c1-6-8-16(14(3,4)5)13(19)15-9-7-11(10(15)2)12(17)18/h6,10-11H,1,7-9H2,2-5H3,(H,17,18). The first-order valence-electron chi connectivity index (χ1n) is 6.62. The lowest BCUT2D eigenvalue weighted by atomic mass is 10.0. The normalized spacial score (nSPS) is 23.3. The minimum Gasteiger partial charge on any atom is -0.481 e. The molecule has 1 N–H and O–H groups in total. The predicted molar refractivity (Wildman–Crippen MR) is 74.0 cm³/mol. The van der Waals surface area contributed by atoms with Crippen LogP contribution in [0.25, 0.3) is 0 Å². The largest absolute Gasteiger partial charge is 0.481 e. The maximum Gasteiger partial charge on any atom is 0.320 e. The Bertz CT molecular complexity index is 373. The number of carbonyl (C=O) groups is 2. The Morgan fingerprint density at radius 2 is 2.05 bits per heavy atom. The van der Waals surface area contributed by atoms with Crippen molar-refractivity contribution in [1.82, 2.24) is 9.80 Å². The third kappa shape index (κ3) is 3.28. The van der Waals surface area contributed by atoms with E-state index in [2.05, 4.69) is 6.58 Å². The van der Waals surface area contributed by atoms with Crippen LogP contribution in [-0.2, 0) is 4.79 Å². The summed E-state index contributed by atoms with van der Waals surface area (Å²) >= 11 is 0. The Hall–Kier alpha value is -1.52. The van der Waals surface area contributed by atoms with Gasteiger partial charge in [-0.05, 0) is 34.1 Å². The van der Waals surface area contributed by atoms with Crippen LogP contribution in [0.1, 0.15) is 34.1 Å². The van der Waals surface area contributed by atoms with Gasteiger partial charge in [0, 0.05) is 24.7 Å². The van der Waals surface area contributed by atoms with Crippen molar-refractivity contribution >= 4 is 12.0 Å². The molecule has 0 radical (unpaired) electrons. The van der Waals surface area contributed by atoms with E-state index in [0.29, 0.717) is 19.5 Å². The van der Waals surface area contributed by atoms with Crippen LogP contribution in [0, 0.1) is 5.92 Å². The molecule has 19 heavy (non-hydrogen) atoms. The molecule has 0 bridgehead atoms. The molecule has 5 heteroatoms. The van der Waals surface area contributed by atoms with Gasteiger partial charge in [0.2, 0.25) is 0 Å². The molecule has 2 unspecified atom stereocenters. The maximum atomic E-state index is 12.6. The van der Waals surface area contributed by atoms with Crippen LogP contribution in [0.3, 0.4) is 0 Å². The van der Waals surface area contributed by atoms with Crippen molar-refractivity contribution in [1.29, 1.82) is 0 Å². The molecule has 0 saturated carbocycles. The van der Waals surface area contributed by atoms with Gasteiger partial charge in [-0.15, -0.1) is 6.58 Å². The second-order valence-corrected chi connectivity index (χ2v) is 6.02. The highest BCUT2D eigenvalue weighted by atomic mass is 16.4. The average molecular weight is 268 g/mol. The average Bonchev–Trinajstić information content (AvgIpc) is 2.65. The van der Waals surface area contributed by atoms with Gasteiger partial charge in [-0.2, -0.15) is 0 Å². The first kappa shape index (κ1) is 15.5. The lowest BCUT2D eigenvalue weighted by Gasteiger charge is -2.39. The third-order valence-corrected chi connectivity index (χ3v) is 3.67. The number of hydrogen-bond acceptors (Lipinski definition) is 2. The van der Waals surface area contributed by atoms with Crippen molar-refractivity contribution in [2.45, 2.75) is 45.7 Å². The van der Waals surface area contributed by atoms with Crippen LogP contribution < -0.4 is 0 Å². The molecule has 1 heterocycles. The summed E-state index contributed by atoms with van der Waals surface area (Å²) in [5.74, 6) is -1.29. The Labute approximate surface area is 114 Å². The zero-order valence-electron chi connectivity index (χ0n) is 12.2. The Kier molecular flexibility index (Phi) is 4.61. The Morgan fingerprint density at radius 3 is 2.42 bits per heavy atom. The highest BCUT2D eigenvalue weighted by Gasteiger charge is 2.41. The molecule has 0 aliphatic carbocycles. The first-order chi connectivity index (χ1) is 8.70. The molecule has 0 aromatic carbocycles. The first-order valence-corrected chi connectivity index (χ1v) is 6.62. The summed E-state index contributed by atoms with van der Waals surface area (Å²) in [5.41, 5.74) is -0.313. The minimum atomic E-state index is -0.825. The molecule has 1 fully saturated rings. The van der Waals surface area contributed by atoms with Gasteiger partial charge in [-0.25, -0.2) is 4.79 Å². The summed E-state index contributed by atoms with van der Waals surface area (Å²) in [4.78, 5) is 27.1. The van der Waals surface area contributed by atoms with Gasteiger partial charge in [-0.3, -0.25) is 4.79 Å². The van der Waals surface area contributed by atoms with Crippen molar-refractivity contribution < 1.29 is 14.7 Å². The van der Waals surface area contributed by atoms with E-state index in [4.69, 9.17) is 5.11 Å². The molecule has 1 saturated heterocycles. The molecular formula is C14H24N2O3. The molecule has 1 rings (SSSR count). The number of urea groups is 1. The van der Waals surface area contributed by atoms with Gasteiger partial charge in [0.15, 0.2) is 0 Å². The van der Waals surface area contributed by atoms with Gasteiger partial charge < -0.3 is 14.9 Å². The van der Waals surface area contributed by atoms with Crippen LogP contribution in [0.4, 0.5) is 4.79 Å². The molecule has 0 aromatic rings. The monoisotopic (exact) mass is 268 g/mol. The fourth-order valence-corrected chi connectivity index (χ4v) is 2.46. The van der Waals surface area contributed by atoms with Crippen LogP contribution in [0.5, 0.6) is 0 Å². The van der Waals surface area contributed by atoms with Gasteiger partial charge in [0.05, 0.1) is 5.92 Å². The van der Waals surface area contributed by atoms with Crippen molar-refractivity contribution in [3.8, 4) is 0 Å². The second-order valence-electron chi connectivity index (χ2n) is 6.02. The molecule has 2 amide bonds. The van der Waals surface area contributed by atoms with E-state index in [1.807, 2.05) is 20.8 Å². The smallest absolute Gasteiger partial charge is 0.320 e. The number of carboxylic acids is 1. The van der Waals surface area contributed by atoms with Crippen LogP contribution in [0.15, 0.2) is 12.7 Å². The summed E-state index contributed by atoms with van der Waals surface area (Å²) in [7, 11) is 0. The lowest BCUT2D eigenvalue weighted by molar-refractivity contribution is -0.142. The van der Waals surface area contributed by atoms with Crippen LogP contribution in [-0.4, -0.2) is 51.6 Å². The summed E-state index contributed by atoms with van der Waals surface area (Å²) in [6.45, 7) is 12.3.